The van der Waals surface area contributed by atoms with Crippen LogP contribution in [0.2, 0.25) is 0 Å². The number of anilines is 2. The lowest BCUT2D eigenvalue weighted by atomic mass is 9.99. The van der Waals surface area contributed by atoms with Gasteiger partial charge in [-0.25, -0.2) is 0 Å². The Hall–Kier alpha value is -3.80. The van der Waals surface area contributed by atoms with Gasteiger partial charge in [-0.05, 0) is 67.1 Å². The number of benzene rings is 3. The maximum atomic E-state index is 12.2. The molecule has 0 aliphatic carbocycles. The van der Waals surface area contributed by atoms with Gasteiger partial charge in [-0.1, -0.05) is 48.5 Å². The molecular weight excluding hydrogens is 426 g/mol. The number of aryl methyl sites for hydroxylation is 1. The monoisotopic (exact) mass is 457 g/mol. The molecule has 176 valence electrons. The number of ether oxygens (including phenoxy) is 1. The number of para-hydroxylation sites is 2. The minimum Gasteiger partial charge on any atom is -0.492 e. The first-order valence-electron chi connectivity index (χ1n) is 11.9. The van der Waals surface area contributed by atoms with Gasteiger partial charge in [0.05, 0.1) is 12.3 Å². The average molecular weight is 458 g/mol. The van der Waals surface area contributed by atoms with Gasteiger partial charge >= 0.3 is 11.8 Å². The van der Waals surface area contributed by atoms with Crippen LogP contribution in [0.4, 0.5) is 11.4 Å². The van der Waals surface area contributed by atoms with Crippen molar-refractivity contribution in [3.05, 3.63) is 89.5 Å². The van der Waals surface area contributed by atoms with E-state index in [1.165, 1.54) is 22.4 Å². The Morgan fingerprint density at radius 1 is 0.912 bits per heavy atom. The number of hydrogen-bond donors (Lipinski definition) is 2. The molecule has 1 aliphatic rings. The Labute approximate surface area is 200 Å². The molecule has 0 saturated carbocycles. The van der Waals surface area contributed by atoms with Crippen LogP contribution in [0.15, 0.2) is 72.8 Å². The largest absolute Gasteiger partial charge is 0.492 e. The quantitative estimate of drug-likeness (QED) is 0.390. The molecule has 0 spiro atoms. The highest BCUT2D eigenvalue weighted by Gasteiger charge is 2.17. The SMILES string of the molecule is CCOc1ccccc1NC(=O)C(=O)NCCCc1ccc(N2CCc3ccccc3C2)cc1. The molecule has 0 bridgehead atoms. The summed E-state index contributed by atoms with van der Waals surface area (Å²) in [5.41, 5.74) is 5.78. The number of fused-ring (bicyclic) bond motifs is 1. The Morgan fingerprint density at radius 3 is 2.44 bits per heavy atom. The van der Waals surface area contributed by atoms with Gasteiger partial charge in [0.1, 0.15) is 5.75 Å². The maximum Gasteiger partial charge on any atom is 0.313 e. The van der Waals surface area contributed by atoms with Crippen LogP contribution in [0.3, 0.4) is 0 Å². The van der Waals surface area contributed by atoms with Crippen LogP contribution in [-0.4, -0.2) is 31.5 Å². The average Bonchev–Trinajstić information content (AvgIpc) is 2.88. The van der Waals surface area contributed by atoms with E-state index in [0.29, 0.717) is 24.6 Å². The van der Waals surface area contributed by atoms with Crippen molar-refractivity contribution in [1.82, 2.24) is 5.32 Å². The van der Waals surface area contributed by atoms with Crippen LogP contribution >= 0.6 is 0 Å². The summed E-state index contributed by atoms with van der Waals surface area (Å²) in [5, 5.41) is 5.31. The van der Waals surface area contributed by atoms with Crippen molar-refractivity contribution in [3.8, 4) is 5.75 Å². The fourth-order valence-corrected chi connectivity index (χ4v) is 4.19. The summed E-state index contributed by atoms with van der Waals surface area (Å²) in [6.07, 6.45) is 2.66. The maximum absolute atomic E-state index is 12.2. The first kappa shape index (κ1) is 23.4. The third kappa shape index (κ3) is 5.95. The van der Waals surface area contributed by atoms with Gasteiger partial charge in [0, 0.05) is 25.3 Å². The normalized spacial score (nSPS) is 12.6. The van der Waals surface area contributed by atoms with Crippen LogP contribution in [0.25, 0.3) is 0 Å². The standard InChI is InChI=1S/C28H31N3O3/c1-2-34-26-12-6-5-11-25(26)30-28(33)27(32)29-18-7-8-21-13-15-24(16-14-21)31-19-17-22-9-3-4-10-23(22)20-31/h3-6,9-16H,2,7-8,17-20H2,1H3,(H,29,32)(H,30,33). The van der Waals surface area contributed by atoms with Crippen molar-refractivity contribution in [2.75, 3.05) is 29.9 Å². The topological polar surface area (TPSA) is 70.7 Å². The molecule has 0 saturated heterocycles. The number of nitrogens with zero attached hydrogens (tertiary/aromatic N) is 1. The number of amides is 2. The zero-order chi connectivity index (χ0) is 23.8. The molecule has 0 unspecified atom stereocenters. The summed E-state index contributed by atoms with van der Waals surface area (Å²) in [7, 11) is 0. The molecule has 4 rings (SSSR count). The van der Waals surface area contributed by atoms with Gasteiger partial charge < -0.3 is 20.3 Å². The second kappa shape index (κ2) is 11.4. The summed E-state index contributed by atoms with van der Waals surface area (Å²) in [4.78, 5) is 26.8. The van der Waals surface area contributed by atoms with E-state index in [0.717, 1.165) is 32.4 Å². The highest BCUT2D eigenvalue weighted by molar-refractivity contribution is 6.39. The van der Waals surface area contributed by atoms with E-state index in [-0.39, 0.29) is 0 Å². The highest BCUT2D eigenvalue weighted by Crippen LogP contribution is 2.25. The number of nitrogens with one attached hydrogen (secondary N) is 2. The lowest BCUT2D eigenvalue weighted by molar-refractivity contribution is -0.136. The minimum atomic E-state index is -0.695. The molecule has 6 heteroatoms. The van der Waals surface area contributed by atoms with E-state index in [1.807, 2.05) is 13.0 Å². The number of rotatable bonds is 8. The number of carbonyl (C=O) groups excluding carboxylic acids is 2. The molecule has 34 heavy (non-hydrogen) atoms. The molecular formula is C28H31N3O3. The Bertz CT molecular complexity index is 1130. The second-order valence-corrected chi connectivity index (χ2v) is 8.35. The van der Waals surface area contributed by atoms with Crippen LogP contribution in [0.1, 0.15) is 30.0 Å². The van der Waals surface area contributed by atoms with Crippen molar-refractivity contribution in [2.24, 2.45) is 0 Å². The van der Waals surface area contributed by atoms with Crippen LogP contribution in [0, 0.1) is 0 Å². The molecule has 0 aromatic heterocycles. The molecule has 0 fully saturated rings. The first-order valence-corrected chi connectivity index (χ1v) is 11.9. The number of carbonyl (C=O) groups is 2. The molecule has 2 amide bonds. The van der Waals surface area contributed by atoms with Crippen molar-refractivity contribution in [3.63, 3.8) is 0 Å². The van der Waals surface area contributed by atoms with E-state index < -0.39 is 11.8 Å². The number of hydrogen-bond acceptors (Lipinski definition) is 4. The highest BCUT2D eigenvalue weighted by atomic mass is 16.5. The van der Waals surface area contributed by atoms with E-state index in [1.54, 1.807) is 18.2 Å². The van der Waals surface area contributed by atoms with Crippen LogP contribution < -0.4 is 20.3 Å². The fraction of sp³-hybridized carbons (Fsp3) is 0.286. The zero-order valence-electron chi connectivity index (χ0n) is 19.5. The lowest BCUT2D eigenvalue weighted by Crippen LogP contribution is -2.36. The van der Waals surface area contributed by atoms with E-state index in [9.17, 15) is 9.59 Å². The predicted octanol–water partition coefficient (Wildman–Crippen LogP) is 4.34. The minimum absolute atomic E-state index is 0.435. The molecule has 2 N–H and O–H groups in total. The molecule has 3 aromatic carbocycles. The fourth-order valence-electron chi connectivity index (χ4n) is 4.19. The Kier molecular flexibility index (Phi) is 7.81. The molecule has 6 nitrogen and oxygen atoms in total. The van der Waals surface area contributed by atoms with Gasteiger partial charge in [-0.2, -0.15) is 0 Å². The summed E-state index contributed by atoms with van der Waals surface area (Å²) >= 11 is 0. The summed E-state index contributed by atoms with van der Waals surface area (Å²) in [6, 6.07) is 24.4. The predicted molar refractivity (Wildman–Crippen MR) is 135 cm³/mol. The van der Waals surface area contributed by atoms with Crippen LogP contribution in [-0.2, 0) is 29.0 Å². The van der Waals surface area contributed by atoms with Gasteiger partial charge in [0.2, 0.25) is 0 Å². The van der Waals surface area contributed by atoms with E-state index in [2.05, 4.69) is 64.1 Å². The molecule has 1 aliphatic heterocycles. The Morgan fingerprint density at radius 2 is 1.65 bits per heavy atom. The lowest BCUT2D eigenvalue weighted by Gasteiger charge is -2.30. The van der Waals surface area contributed by atoms with Gasteiger partial charge in [0.15, 0.2) is 0 Å². The van der Waals surface area contributed by atoms with Crippen molar-refractivity contribution < 1.29 is 14.3 Å². The molecule has 1 heterocycles. The van der Waals surface area contributed by atoms with Crippen molar-refractivity contribution >= 4 is 23.2 Å². The van der Waals surface area contributed by atoms with Gasteiger partial charge in [-0.3, -0.25) is 9.59 Å². The zero-order valence-corrected chi connectivity index (χ0v) is 19.5. The third-order valence-electron chi connectivity index (χ3n) is 6.00. The van der Waals surface area contributed by atoms with Crippen molar-refractivity contribution in [1.29, 1.82) is 0 Å². The molecule has 0 atom stereocenters. The van der Waals surface area contributed by atoms with E-state index >= 15 is 0 Å². The Balaban J connectivity index is 1.21. The third-order valence-corrected chi connectivity index (χ3v) is 6.00. The summed E-state index contributed by atoms with van der Waals surface area (Å²) in [5.74, 6) is -0.796. The van der Waals surface area contributed by atoms with E-state index in [4.69, 9.17) is 4.74 Å². The molecule has 0 radical (unpaired) electrons. The molecule has 3 aromatic rings. The first-order chi connectivity index (χ1) is 16.6. The smallest absolute Gasteiger partial charge is 0.313 e. The van der Waals surface area contributed by atoms with Gasteiger partial charge in [0.25, 0.3) is 0 Å². The van der Waals surface area contributed by atoms with Crippen LogP contribution in [0.5, 0.6) is 5.75 Å². The second-order valence-electron chi connectivity index (χ2n) is 8.35. The van der Waals surface area contributed by atoms with Crippen molar-refractivity contribution in [2.45, 2.75) is 32.7 Å². The summed E-state index contributed by atoms with van der Waals surface area (Å²) < 4.78 is 5.48. The van der Waals surface area contributed by atoms with Gasteiger partial charge in [-0.15, -0.1) is 0 Å². The summed E-state index contributed by atoms with van der Waals surface area (Å²) in [6.45, 7) is 4.75.